The summed E-state index contributed by atoms with van der Waals surface area (Å²) in [6.45, 7) is 2.97. The number of H-pyrrole nitrogens is 1. The van der Waals surface area contributed by atoms with Crippen molar-refractivity contribution in [2.75, 3.05) is 23.3 Å². The molecule has 0 spiro atoms. The molecular weight excluding hydrogens is 332 g/mol. The summed E-state index contributed by atoms with van der Waals surface area (Å²) >= 11 is 0. The van der Waals surface area contributed by atoms with E-state index in [-0.39, 0.29) is 18.2 Å². The second kappa shape index (κ2) is 6.64. The van der Waals surface area contributed by atoms with Gasteiger partial charge < -0.3 is 15.3 Å². The van der Waals surface area contributed by atoms with Crippen molar-refractivity contribution in [1.29, 1.82) is 0 Å². The summed E-state index contributed by atoms with van der Waals surface area (Å²) in [7, 11) is 0. The Balaban J connectivity index is 1.51. The lowest BCUT2D eigenvalue weighted by Gasteiger charge is -2.37. The van der Waals surface area contributed by atoms with E-state index in [4.69, 9.17) is 0 Å². The normalized spacial score (nSPS) is 15.5. The number of anilines is 2. The van der Waals surface area contributed by atoms with Crippen LogP contribution in [0.15, 0.2) is 42.6 Å². The Morgan fingerprint density at radius 2 is 2.12 bits per heavy atom. The van der Waals surface area contributed by atoms with E-state index in [9.17, 15) is 9.90 Å². The molecular formula is C18H20N6O2. The van der Waals surface area contributed by atoms with Crippen LogP contribution >= 0.6 is 0 Å². The van der Waals surface area contributed by atoms with Gasteiger partial charge in [-0.05, 0) is 12.5 Å². The number of aromatic amines is 1. The first kappa shape index (κ1) is 16.3. The molecule has 1 saturated heterocycles. The number of pyridine rings is 1. The molecule has 1 aliphatic heterocycles. The maximum Gasteiger partial charge on any atom is 0.320 e. The van der Waals surface area contributed by atoms with Crippen LogP contribution in [0.5, 0.6) is 0 Å². The van der Waals surface area contributed by atoms with Gasteiger partial charge in [0.25, 0.3) is 0 Å². The summed E-state index contributed by atoms with van der Waals surface area (Å²) in [6, 6.07) is 11.0. The van der Waals surface area contributed by atoms with Crippen molar-refractivity contribution < 1.29 is 9.90 Å². The van der Waals surface area contributed by atoms with Crippen molar-refractivity contribution in [2.24, 2.45) is 0 Å². The molecule has 0 aliphatic carbocycles. The molecule has 0 bridgehead atoms. The molecule has 2 aromatic heterocycles. The van der Waals surface area contributed by atoms with E-state index in [0.29, 0.717) is 24.7 Å². The Morgan fingerprint density at radius 1 is 1.35 bits per heavy atom. The largest absolute Gasteiger partial charge is 0.389 e. The van der Waals surface area contributed by atoms with Gasteiger partial charge in [0.15, 0.2) is 0 Å². The van der Waals surface area contributed by atoms with Gasteiger partial charge in [-0.1, -0.05) is 30.3 Å². The van der Waals surface area contributed by atoms with E-state index in [2.05, 4.69) is 25.8 Å². The highest BCUT2D eigenvalue weighted by molar-refractivity contribution is 5.95. The molecule has 4 rings (SSSR count). The smallest absolute Gasteiger partial charge is 0.320 e. The van der Waals surface area contributed by atoms with E-state index in [1.165, 1.54) is 0 Å². The first-order valence-electron chi connectivity index (χ1n) is 8.50. The third-order valence-corrected chi connectivity index (χ3v) is 4.47. The molecule has 2 amide bonds. The summed E-state index contributed by atoms with van der Waals surface area (Å²) in [5, 5.41) is 23.0. The summed E-state index contributed by atoms with van der Waals surface area (Å²) in [4.78, 5) is 18.8. The molecule has 0 saturated carbocycles. The van der Waals surface area contributed by atoms with E-state index in [0.717, 1.165) is 16.5 Å². The van der Waals surface area contributed by atoms with Crippen LogP contribution < -0.4 is 15.5 Å². The predicted molar refractivity (Wildman–Crippen MR) is 99.1 cm³/mol. The van der Waals surface area contributed by atoms with Crippen LogP contribution in [0.2, 0.25) is 0 Å². The standard InChI is InChI=1S/C18H20N6O2/c1-11(12-5-3-2-4-6-12)20-18(26)22-16-7-15-14(8-19-23-15)17(21-16)24-9-13(25)10-24/h2-8,11,13,25H,9-10H2,1H3,(H,19,23)(H2,20,21,22,26)/t11-/m1/s1. The maximum atomic E-state index is 12.3. The zero-order valence-corrected chi connectivity index (χ0v) is 14.3. The highest BCUT2D eigenvalue weighted by Gasteiger charge is 2.28. The summed E-state index contributed by atoms with van der Waals surface area (Å²) in [5.74, 6) is 1.13. The average molecular weight is 352 g/mol. The van der Waals surface area contributed by atoms with Gasteiger partial charge in [0, 0.05) is 19.2 Å². The van der Waals surface area contributed by atoms with Crippen LogP contribution in [0.4, 0.5) is 16.4 Å². The molecule has 1 aromatic carbocycles. The van der Waals surface area contributed by atoms with Crippen molar-refractivity contribution in [3.8, 4) is 0 Å². The molecule has 1 aliphatic rings. The minimum Gasteiger partial charge on any atom is -0.389 e. The Hall–Kier alpha value is -3.13. The number of aromatic nitrogens is 3. The van der Waals surface area contributed by atoms with Crippen molar-refractivity contribution in [2.45, 2.75) is 19.1 Å². The van der Waals surface area contributed by atoms with Crippen LogP contribution in [0.1, 0.15) is 18.5 Å². The maximum absolute atomic E-state index is 12.3. The number of nitrogens with zero attached hydrogens (tertiary/aromatic N) is 3. The van der Waals surface area contributed by atoms with Gasteiger partial charge in [-0.3, -0.25) is 10.4 Å². The first-order valence-corrected chi connectivity index (χ1v) is 8.50. The third kappa shape index (κ3) is 3.18. The number of carbonyl (C=O) groups excluding carboxylic acids is 1. The minimum atomic E-state index is -0.342. The number of hydrogen-bond donors (Lipinski definition) is 4. The molecule has 26 heavy (non-hydrogen) atoms. The number of aliphatic hydroxyl groups is 1. The number of β-amino-alcohol motifs (C(OH)–C–C–N with tert-alkyl or cyclic N) is 1. The Kier molecular flexibility index (Phi) is 4.18. The lowest BCUT2D eigenvalue weighted by Crippen LogP contribution is -2.51. The SMILES string of the molecule is C[C@@H](NC(=O)Nc1cc2[nH]ncc2c(N2CC(O)C2)n1)c1ccccc1. The van der Waals surface area contributed by atoms with Gasteiger partial charge in [0.1, 0.15) is 11.6 Å². The number of aliphatic hydroxyl groups excluding tert-OH is 1. The van der Waals surface area contributed by atoms with Crippen LogP contribution in [0, 0.1) is 0 Å². The molecule has 0 unspecified atom stereocenters. The van der Waals surface area contributed by atoms with Crippen molar-refractivity contribution in [3.05, 3.63) is 48.2 Å². The van der Waals surface area contributed by atoms with E-state index >= 15 is 0 Å². The van der Waals surface area contributed by atoms with Gasteiger partial charge in [-0.2, -0.15) is 5.10 Å². The summed E-state index contributed by atoms with van der Waals surface area (Å²) in [6.07, 6.45) is 1.36. The van der Waals surface area contributed by atoms with Crippen molar-refractivity contribution >= 4 is 28.6 Å². The van der Waals surface area contributed by atoms with E-state index < -0.39 is 0 Å². The first-order chi connectivity index (χ1) is 12.6. The summed E-state index contributed by atoms with van der Waals surface area (Å²) < 4.78 is 0. The topological polar surface area (TPSA) is 106 Å². The molecule has 3 heterocycles. The molecule has 1 atom stereocenters. The third-order valence-electron chi connectivity index (χ3n) is 4.47. The molecule has 134 valence electrons. The van der Waals surface area contributed by atoms with Gasteiger partial charge in [0.05, 0.1) is 29.2 Å². The van der Waals surface area contributed by atoms with Crippen LogP contribution in [0.25, 0.3) is 10.9 Å². The average Bonchev–Trinajstić information content (AvgIpc) is 3.07. The fourth-order valence-electron chi connectivity index (χ4n) is 3.04. The number of fused-ring (bicyclic) bond motifs is 1. The lowest BCUT2D eigenvalue weighted by molar-refractivity contribution is 0.141. The number of benzene rings is 1. The zero-order valence-electron chi connectivity index (χ0n) is 14.3. The number of hydrogen-bond acceptors (Lipinski definition) is 5. The van der Waals surface area contributed by atoms with Gasteiger partial charge in [-0.15, -0.1) is 0 Å². The Bertz CT molecular complexity index is 920. The zero-order chi connectivity index (χ0) is 18.1. The predicted octanol–water partition coefficient (Wildman–Crippen LogP) is 2.02. The van der Waals surface area contributed by atoms with E-state index in [1.807, 2.05) is 42.2 Å². The second-order valence-corrected chi connectivity index (χ2v) is 6.45. The molecule has 3 aromatic rings. The monoisotopic (exact) mass is 352 g/mol. The van der Waals surface area contributed by atoms with Gasteiger partial charge in [-0.25, -0.2) is 9.78 Å². The second-order valence-electron chi connectivity index (χ2n) is 6.45. The van der Waals surface area contributed by atoms with Gasteiger partial charge in [0.2, 0.25) is 0 Å². The number of nitrogens with one attached hydrogen (secondary N) is 3. The highest BCUT2D eigenvalue weighted by Crippen LogP contribution is 2.29. The van der Waals surface area contributed by atoms with Crippen LogP contribution in [-0.2, 0) is 0 Å². The number of urea groups is 1. The molecule has 0 radical (unpaired) electrons. The minimum absolute atomic E-state index is 0.128. The van der Waals surface area contributed by atoms with Crippen molar-refractivity contribution in [3.63, 3.8) is 0 Å². The molecule has 8 heteroatoms. The quantitative estimate of drug-likeness (QED) is 0.575. The summed E-state index contributed by atoms with van der Waals surface area (Å²) in [5.41, 5.74) is 1.80. The molecule has 4 N–H and O–H groups in total. The van der Waals surface area contributed by atoms with Gasteiger partial charge >= 0.3 is 6.03 Å². The fourth-order valence-corrected chi connectivity index (χ4v) is 3.04. The Morgan fingerprint density at radius 3 is 2.85 bits per heavy atom. The van der Waals surface area contributed by atoms with E-state index in [1.54, 1.807) is 12.3 Å². The molecule has 1 fully saturated rings. The Labute approximate surface area is 150 Å². The van der Waals surface area contributed by atoms with Crippen molar-refractivity contribution in [1.82, 2.24) is 20.5 Å². The molecule has 8 nitrogen and oxygen atoms in total. The highest BCUT2D eigenvalue weighted by atomic mass is 16.3. The number of amides is 2. The van der Waals surface area contributed by atoms with Crippen LogP contribution in [-0.4, -0.2) is 45.5 Å². The number of rotatable bonds is 4. The van der Waals surface area contributed by atoms with Crippen LogP contribution in [0.3, 0.4) is 0 Å². The fraction of sp³-hybridized carbons (Fsp3) is 0.278. The lowest BCUT2D eigenvalue weighted by atomic mass is 10.1. The number of carbonyl (C=O) groups is 1.